The highest BCUT2D eigenvalue weighted by Gasteiger charge is 2.37. The molecule has 0 amide bonds. The van der Waals surface area contributed by atoms with Crippen LogP contribution in [0.1, 0.15) is 18.4 Å². The topological polar surface area (TPSA) is 21.6 Å². The van der Waals surface area contributed by atoms with Crippen molar-refractivity contribution in [1.82, 2.24) is 0 Å². The number of rotatable bonds is 0. The van der Waals surface area contributed by atoms with E-state index < -0.39 is 0 Å². The molecule has 2 nitrogen and oxygen atoms in total. The number of benzene rings is 1. The maximum atomic E-state index is 5.43. The minimum Gasteiger partial charge on any atom is -0.381 e. The summed E-state index contributed by atoms with van der Waals surface area (Å²) in [6, 6.07) is 6.34. The summed E-state index contributed by atoms with van der Waals surface area (Å²) in [6.07, 6.45) is 4.23. The zero-order chi connectivity index (χ0) is 10.3. The maximum absolute atomic E-state index is 5.43. The molecule has 0 unspecified atom stereocenters. The van der Waals surface area contributed by atoms with E-state index in [0.29, 0.717) is 0 Å². The van der Waals surface area contributed by atoms with E-state index in [-0.39, 0.29) is 5.41 Å². The monoisotopic (exact) mass is 265 g/mol. The van der Waals surface area contributed by atoms with Crippen molar-refractivity contribution >= 4 is 27.8 Å². The fraction of sp³-hybridized carbons (Fsp3) is 0.417. The molecule has 2 aliphatic rings. The van der Waals surface area contributed by atoms with Crippen LogP contribution in [0.5, 0.6) is 0 Å². The Balaban J connectivity index is 2.09. The molecule has 2 heterocycles. The SMILES string of the molecule is Brc1ccc2c(c1)C1(C=N2)CCOCC1. The molecular formula is C12H12BrNO. The zero-order valence-electron chi connectivity index (χ0n) is 8.37. The summed E-state index contributed by atoms with van der Waals surface area (Å²) in [5, 5.41) is 0. The fourth-order valence-electron chi connectivity index (χ4n) is 2.42. The highest BCUT2D eigenvalue weighted by molar-refractivity contribution is 9.10. The number of halogens is 1. The van der Waals surface area contributed by atoms with E-state index >= 15 is 0 Å². The summed E-state index contributed by atoms with van der Waals surface area (Å²) in [5.41, 5.74) is 2.64. The molecular weight excluding hydrogens is 254 g/mol. The molecule has 0 aromatic heterocycles. The molecule has 78 valence electrons. The summed E-state index contributed by atoms with van der Waals surface area (Å²) in [4.78, 5) is 4.52. The molecule has 0 atom stereocenters. The Kier molecular flexibility index (Phi) is 2.18. The number of nitrogens with zero attached hydrogens (tertiary/aromatic N) is 1. The van der Waals surface area contributed by atoms with Crippen LogP contribution in [0.3, 0.4) is 0 Å². The first-order valence-corrected chi connectivity index (χ1v) is 6.02. The zero-order valence-corrected chi connectivity index (χ0v) is 9.96. The Hall–Kier alpha value is -0.670. The Morgan fingerprint density at radius 2 is 2.07 bits per heavy atom. The first-order valence-electron chi connectivity index (χ1n) is 5.23. The Morgan fingerprint density at radius 1 is 1.27 bits per heavy atom. The van der Waals surface area contributed by atoms with Crippen LogP contribution >= 0.6 is 15.9 Å². The van der Waals surface area contributed by atoms with Crippen molar-refractivity contribution in [1.29, 1.82) is 0 Å². The van der Waals surface area contributed by atoms with E-state index in [4.69, 9.17) is 4.74 Å². The van der Waals surface area contributed by atoms with E-state index in [1.165, 1.54) is 5.56 Å². The number of hydrogen-bond acceptors (Lipinski definition) is 2. The molecule has 0 N–H and O–H groups in total. The van der Waals surface area contributed by atoms with Crippen molar-refractivity contribution in [3.63, 3.8) is 0 Å². The van der Waals surface area contributed by atoms with Gasteiger partial charge in [0.25, 0.3) is 0 Å². The molecule has 2 aliphatic heterocycles. The van der Waals surface area contributed by atoms with Crippen LogP contribution in [0.4, 0.5) is 5.69 Å². The van der Waals surface area contributed by atoms with Crippen LogP contribution in [0.15, 0.2) is 27.7 Å². The van der Waals surface area contributed by atoms with Crippen LogP contribution < -0.4 is 0 Å². The second kappa shape index (κ2) is 3.42. The number of hydrogen-bond donors (Lipinski definition) is 0. The van der Waals surface area contributed by atoms with E-state index in [2.05, 4.69) is 45.3 Å². The molecule has 1 fully saturated rings. The lowest BCUT2D eigenvalue weighted by atomic mass is 9.76. The van der Waals surface area contributed by atoms with Crippen molar-refractivity contribution in [2.45, 2.75) is 18.3 Å². The molecule has 1 aromatic rings. The Morgan fingerprint density at radius 3 is 2.87 bits per heavy atom. The van der Waals surface area contributed by atoms with Crippen molar-refractivity contribution in [3.8, 4) is 0 Å². The van der Waals surface area contributed by atoms with Crippen LogP contribution in [0.2, 0.25) is 0 Å². The molecule has 0 bridgehead atoms. The van der Waals surface area contributed by atoms with Crippen LogP contribution in [-0.2, 0) is 10.2 Å². The van der Waals surface area contributed by atoms with Gasteiger partial charge in [0.05, 0.1) is 5.69 Å². The van der Waals surface area contributed by atoms with Crippen molar-refractivity contribution in [2.24, 2.45) is 4.99 Å². The summed E-state index contributed by atoms with van der Waals surface area (Å²) < 4.78 is 6.56. The largest absolute Gasteiger partial charge is 0.381 e. The maximum Gasteiger partial charge on any atom is 0.0668 e. The highest BCUT2D eigenvalue weighted by atomic mass is 79.9. The normalized spacial score (nSPS) is 21.9. The van der Waals surface area contributed by atoms with Gasteiger partial charge in [0.2, 0.25) is 0 Å². The van der Waals surface area contributed by atoms with Gasteiger partial charge in [0, 0.05) is 29.3 Å². The molecule has 1 spiro atoms. The van der Waals surface area contributed by atoms with Gasteiger partial charge in [0.15, 0.2) is 0 Å². The number of aliphatic imine (C=N–C) groups is 1. The predicted molar refractivity (Wildman–Crippen MR) is 64.0 cm³/mol. The Labute approximate surface area is 97.5 Å². The molecule has 15 heavy (non-hydrogen) atoms. The number of ether oxygens (including phenoxy) is 1. The second-order valence-corrected chi connectivity index (χ2v) is 5.10. The van der Waals surface area contributed by atoms with Gasteiger partial charge < -0.3 is 4.74 Å². The minimum absolute atomic E-state index is 0.150. The summed E-state index contributed by atoms with van der Waals surface area (Å²) in [5.74, 6) is 0. The molecule has 0 saturated carbocycles. The van der Waals surface area contributed by atoms with Crippen LogP contribution in [-0.4, -0.2) is 19.4 Å². The van der Waals surface area contributed by atoms with Crippen molar-refractivity contribution in [3.05, 3.63) is 28.2 Å². The van der Waals surface area contributed by atoms with Gasteiger partial charge in [-0.1, -0.05) is 15.9 Å². The third-order valence-corrected chi connectivity index (χ3v) is 3.82. The Bertz CT molecular complexity index is 422. The smallest absolute Gasteiger partial charge is 0.0668 e. The van der Waals surface area contributed by atoms with Crippen molar-refractivity contribution in [2.75, 3.05) is 13.2 Å². The third-order valence-electron chi connectivity index (χ3n) is 3.33. The van der Waals surface area contributed by atoms with Crippen molar-refractivity contribution < 1.29 is 4.74 Å². The first-order chi connectivity index (χ1) is 7.30. The summed E-state index contributed by atoms with van der Waals surface area (Å²) in [7, 11) is 0. The van der Waals surface area contributed by atoms with Gasteiger partial charge in [0.1, 0.15) is 0 Å². The first kappa shape index (κ1) is 9.55. The summed E-state index contributed by atoms with van der Waals surface area (Å²) in [6.45, 7) is 1.69. The quantitative estimate of drug-likeness (QED) is 0.706. The molecule has 0 radical (unpaired) electrons. The van der Waals surface area contributed by atoms with E-state index in [9.17, 15) is 0 Å². The predicted octanol–water partition coefficient (Wildman–Crippen LogP) is 3.21. The molecule has 3 rings (SSSR count). The minimum atomic E-state index is 0.150. The van der Waals surface area contributed by atoms with Gasteiger partial charge in [-0.3, -0.25) is 4.99 Å². The molecule has 1 aromatic carbocycles. The van der Waals surface area contributed by atoms with E-state index in [1.807, 2.05) is 0 Å². The molecule has 3 heteroatoms. The summed E-state index contributed by atoms with van der Waals surface area (Å²) >= 11 is 3.53. The van der Waals surface area contributed by atoms with Gasteiger partial charge in [-0.25, -0.2) is 0 Å². The third kappa shape index (κ3) is 1.45. The second-order valence-electron chi connectivity index (χ2n) is 4.19. The van der Waals surface area contributed by atoms with Gasteiger partial charge >= 0.3 is 0 Å². The lowest BCUT2D eigenvalue weighted by Crippen LogP contribution is -2.33. The van der Waals surface area contributed by atoms with Crippen LogP contribution in [0.25, 0.3) is 0 Å². The van der Waals surface area contributed by atoms with Crippen LogP contribution in [0, 0.1) is 0 Å². The lowest BCUT2D eigenvalue weighted by Gasteiger charge is -2.31. The van der Waals surface area contributed by atoms with E-state index in [1.54, 1.807) is 0 Å². The standard InChI is InChI=1S/C12H12BrNO/c13-9-1-2-11-10(7-9)12(8-14-11)3-5-15-6-4-12/h1-2,7-8H,3-6H2. The fourth-order valence-corrected chi connectivity index (χ4v) is 2.78. The van der Waals surface area contributed by atoms with E-state index in [0.717, 1.165) is 36.2 Å². The van der Waals surface area contributed by atoms with Gasteiger partial charge in [-0.05, 0) is 36.6 Å². The molecule has 0 aliphatic carbocycles. The molecule has 1 saturated heterocycles. The van der Waals surface area contributed by atoms with Gasteiger partial charge in [-0.15, -0.1) is 0 Å². The average Bonchev–Trinajstić information content (AvgIpc) is 2.59. The lowest BCUT2D eigenvalue weighted by molar-refractivity contribution is 0.0730. The average molecular weight is 266 g/mol. The highest BCUT2D eigenvalue weighted by Crippen LogP contribution is 2.44. The van der Waals surface area contributed by atoms with Gasteiger partial charge in [-0.2, -0.15) is 0 Å². The number of fused-ring (bicyclic) bond motifs is 2.